The van der Waals surface area contributed by atoms with Crippen molar-refractivity contribution in [1.82, 2.24) is 20.2 Å². The Morgan fingerprint density at radius 1 is 1.10 bits per heavy atom. The van der Waals surface area contributed by atoms with Crippen LogP contribution in [0.2, 0.25) is 0 Å². The van der Waals surface area contributed by atoms with Gasteiger partial charge in [0.25, 0.3) is 5.91 Å². The van der Waals surface area contributed by atoms with E-state index in [1.807, 2.05) is 45.0 Å². The van der Waals surface area contributed by atoms with Gasteiger partial charge in [-0.15, -0.1) is 0 Å². The number of nitrogens with one attached hydrogen (secondary N) is 2. The van der Waals surface area contributed by atoms with E-state index >= 15 is 0 Å². The molecule has 9 heteroatoms. The summed E-state index contributed by atoms with van der Waals surface area (Å²) in [7, 11) is 3.17. The number of carbonyl (C=O) groups is 1. The number of fused-ring (bicyclic) bond motifs is 1. The molecule has 1 amide bonds. The first kappa shape index (κ1) is 20.4. The van der Waals surface area contributed by atoms with E-state index in [0.717, 1.165) is 16.8 Å². The number of benzene rings is 2. The number of amides is 1. The fourth-order valence-electron chi connectivity index (χ4n) is 3.79. The number of ether oxygens (including phenoxy) is 2. The second-order valence-corrected chi connectivity index (χ2v) is 7.39. The summed E-state index contributed by atoms with van der Waals surface area (Å²) in [6.45, 7) is 5.81. The van der Waals surface area contributed by atoms with Crippen LogP contribution in [-0.2, 0) is 4.79 Å². The van der Waals surface area contributed by atoms with Crippen molar-refractivity contribution < 1.29 is 14.3 Å². The van der Waals surface area contributed by atoms with Gasteiger partial charge in [-0.3, -0.25) is 4.79 Å². The van der Waals surface area contributed by atoms with Gasteiger partial charge in [-0.25, -0.2) is 0 Å². The first-order valence-corrected chi connectivity index (χ1v) is 9.79. The Hall–Kier alpha value is -3.88. The first-order chi connectivity index (χ1) is 14.9. The largest absolute Gasteiger partial charge is 0.497 e. The summed E-state index contributed by atoms with van der Waals surface area (Å²) >= 11 is 0. The van der Waals surface area contributed by atoms with Crippen molar-refractivity contribution in [3.8, 4) is 11.5 Å². The molecule has 0 bridgehead atoms. The zero-order chi connectivity index (χ0) is 22.1. The van der Waals surface area contributed by atoms with Gasteiger partial charge in [0, 0.05) is 16.9 Å². The molecule has 0 unspecified atom stereocenters. The van der Waals surface area contributed by atoms with E-state index in [1.165, 1.54) is 0 Å². The molecular formula is C22H24N6O3. The third-order valence-corrected chi connectivity index (χ3v) is 5.32. The minimum Gasteiger partial charge on any atom is -0.497 e. The van der Waals surface area contributed by atoms with Crippen LogP contribution in [0.3, 0.4) is 0 Å². The average molecular weight is 420 g/mol. The van der Waals surface area contributed by atoms with Crippen LogP contribution in [0, 0.1) is 13.8 Å². The number of carbonyl (C=O) groups excluding carboxylic acids is 1. The summed E-state index contributed by atoms with van der Waals surface area (Å²) in [5.74, 6) is 1.41. The Bertz CT molecular complexity index is 1180. The molecule has 1 atom stereocenters. The van der Waals surface area contributed by atoms with Crippen molar-refractivity contribution in [2.75, 3.05) is 24.9 Å². The zero-order valence-electron chi connectivity index (χ0n) is 18.1. The molecule has 2 heterocycles. The summed E-state index contributed by atoms with van der Waals surface area (Å²) < 4.78 is 12.6. The van der Waals surface area contributed by atoms with Crippen molar-refractivity contribution in [3.63, 3.8) is 0 Å². The van der Waals surface area contributed by atoms with E-state index in [4.69, 9.17) is 9.47 Å². The predicted molar refractivity (Wildman–Crippen MR) is 116 cm³/mol. The number of hydrogen-bond donors (Lipinski definition) is 2. The van der Waals surface area contributed by atoms with Crippen molar-refractivity contribution in [2.45, 2.75) is 26.8 Å². The van der Waals surface area contributed by atoms with E-state index in [-0.39, 0.29) is 5.91 Å². The number of aromatic nitrogens is 4. The molecule has 4 rings (SSSR count). The minimum absolute atomic E-state index is 0.257. The molecule has 1 aromatic heterocycles. The maximum atomic E-state index is 13.5. The van der Waals surface area contributed by atoms with Crippen molar-refractivity contribution in [3.05, 3.63) is 64.4 Å². The molecule has 1 aliphatic rings. The standard InChI is InChI=1S/C22H24N6O3/c1-12-6-8-17(13(2)10-12)24-21(29)19-14(3)23-22-25-26-27-28(22)20(19)16-11-15(30-4)7-9-18(16)31-5/h6-11,20H,1-5H3,(H,24,29)(H,23,25,27)/t20-/m0/s1. The molecule has 3 aromatic rings. The Morgan fingerprint density at radius 2 is 1.90 bits per heavy atom. The molecule has 1 aliphatic heterocycles. The average Bonchev–Trinajstić information content (AvgIpc) is 3.22. The van der Waals surface area contributed by atoms with Gasteiger partial charge in [0.1, 0.15) is 17.5 Å². The minimum atomic E-state index is -0.609. The Balaban J connectivity index is 1.83. The summed E-state index contributed by atoms with van der Waals surface area (Å²) in [4.78, 5) is 13.5. The fraction of sp³-hybridized carbons (Fsp3) is 0.273. The number of rotatable bonds is 5. The molecule has 160 valence electrons. The van der Waals surface area contributed by atoms with Crippen molar-refractivity contribution >= 4 is 17.5 Å². The van der Waals surface area contributed by atoms with Crippen LogP contribution in [0.25, 0.3) is 0 Å². The quantitative estimate of drug-likeness (QED) is 0.653. The molecule has 31 heavy (non-hydrogen) atoms. The maximum Gasteiger partial charge on any atom is 0.255 e. The highest BCUT2D eigenvalue weighted by molar-refractivity contribution is 6.06. The maximum absolute atomic E-state index is 13.5. The molecule has 2 aromatic carbocycles. The smallest absolute Gasteiger partial charge is 0.255 e. The molecule has 0 radical (unpaired) electrons. The number of tetrazole rings is 1. The highest BCUT2D eigenvalue weighted by Crippen LogP contribution is 2.40. The number of hydrogen-bond acceptors (Lipinski definition) is 7. The first-order valence-electron chi connectivity index (χ1n) is 9.79. The number of anilines is 2. The van der Waals surface area contributed by atoms with E-state index in [9.17, 15) is 4.79 Å². The SMILES string of the molecule is COc1ccc(OC)c([C@H]2C(C(=O)Nc3ccc(C)cc3C)=C(C)Nc3nnnn32)c1. The Labute approximate surface area is 180 Å². The van der Waals surface area contributed by atoms with Crippen LogP contribution >= 0.6 is 0 Å². The number of aryl methyl sites for hydroxylation is 2. The highest BCUT2D eigenvalue weighted by Gasteiger charge is 2.36. The van der Waals surface area contributed by atoms with Crippen LogP contribution in [0.5, 0.6) is 11.5 Å². The number of methoxy groups -OCH3 is 2. The summed E-state index contributed by atoms with van der Waals surface area (Å²) in [5.41, 5.74) is 4.69. The fourth-order valence-corrected chi connectivity index (χ4v) is 3.79. The molecule has 0 spiro atoms. The summed E-state index contributed by atoms with van der Waals surface area (Å²) in [5, 5.41) is 18.1. The van der Waals surface area contributed by atoms with Crippen LogP contribution in [-0.4, -0.2) is 40.3 Å². The molecule has 2 N–H and O–H groups in total. The molecule has 0 saturated carbocycles. The lowest BCUT2D eigenvalue weighted by atomic mass is 9.94. The topological polar surface area (TPSA) is 103 Å². The summed E-state index contributed by atoms with van der Waals surface area (Å²) in [6.07, 6.45) is 0. The monoisotopic (exact) mass is 420 g/mol. The van der Waals surface area contributed by atoms with Gasteiger partial charge in [0.2, 0.25) is 5.95 Å². The van der Waals surface area contributed by atoms with Crippen molar-refractivity contribution in [1.29, 1.82) is 0 Å². The third kappa shape index (κ3) is 3.70. The number of nitrogens with zero attached hydrogens (tertiary/aromatic N) is 4. The second kappa shape index (κ2) is 8.10. The lowest BCUT2D eigenvalue weighted by molar-refractivity contribution is -0.113. The Morgan fingerprint density at radius 3 is 2.61 bits per heavy atom. The Kier molecular flexibility index (Phi) is 5.33. The van der Waals surface area contributed by atoms with Gasteiger partial charge >= 0.3 is 0 Å². The normalized spacial score (nSPS) is 15.2. The van der Waals surface area contributed by atoms with E-state index in [1.54, 1.807) is 31.0 Å². The van der Waals surface area contributed by atoms with Gasteiger partial charge in [-0.1, -0.05) is 22.8 Å². The molecule has 0 saturated heterocycles. The predicted octanol–water partition coefficient (Wildman–Crippen LogP) is 3.23. The highest BCUT2D eigenvalue weighted by atomic mass is 16.5. The second-order valence-electron chi connectivity index (χ2n) is 7.39. The molecule has 0 aliphatic carbocycles. The summed E-state index contributed by atoms with van der Waals surface area (Å²) in [6, 6.07) is 10.7. The van der Waals surface area contributed by atoms with Gasteiger partial charge < -0.3 is 20.1 Å². The van der Waals surface area contributed by atoms with Gasteiger partial charge in [-0.2, -0.15) is 4.68 Å². The number of allylic oxidation sites excluding steroid dienone is 1. The van der Waals surface area contributed by atoms with Crippen LogP contribution < -0.4 is 20.1 Å². The van der Waals surface area contributed by atoms with Crippen LogP contribution in [0.4, 0.5) is 11.6 Å². The van der Waals surface area contributed by atoms with Gasteiger partial charge in [0.05, 0.1) is 19.8 Å². The molecule has 0 fully saturated rings. The lowest BCUT2D eigenvalue weighted by Crippen LogP contribution is -2.32. The van der Waals surface area contributed by atoms with Crippen LogP contribution in [0.1, 0.15) is 29.7 Å². The van der Waals surface area contributed by atoms with Crippen LogP contribution in [0.15, 0.2) is 47.7 Å². The van der Waals surface area contributed by atoms with E-state index in [0.29, 0.717) is 34.3 Å². The van der Waals surface area contributed by atoms with E-state index < -0.39 is 6.04 Å². The van der Waals surface area contributed by atoms with Gasteiger partial charge in [-0.05, 0) is 61.0 Å². The lowest BCUT2D eigenvalue weighted by Gasteiger charge is -2.29. The third-order valence-electron chi connectivity index (χ3n) is 5.32. The van der Waals surface area contributed by atoms with Crippen molar-refractivity contribution in [2.24, 2.45) is 0 Å². The van der Waals surface area contributed by atoms with Gasteiger partial charge in [0.15, 0.2) is 0 Å². The zero-order valence-corrected chi connectivity index (χ0v) is 18.1. The molecular weight excluding hydrogens is 396 g/mol. The molecule has 9 nitrogen and oxygen atoms in total. The van der Waals surface area contributed by atoms with E-state index in [2.05, 4.69) is 26.2 Å².